The number of carbonyl (C=O) groups is 1. The first-order valence-electron chi connectivity index (χ1n) is 5.39. The maximum atomic E-state index is 11.5. The van der Waals surface area contributed by atoms with Gasteiger partial charge in [0, 0.05) is 0 Å². The quantitative estimate of drug-likeness (QED) is 0.479. The second kappa shape index (κ2) is 8.81. The average Bonchev–Trinajstić information content (AvgIpc) is 2.18. The van der Waals surface area contributed by atoms with E-state index in [1.165, 1.54) is 0 Å². The molecule has 5 heteroatoms. The van der Waals surface area contributed by atoms with Crippen molar-refractivity contribution in [2.45, 2.75) is 33.6 Å². The number of ether oxygens (including phenoxy) is 1. The van der Waals surface area contributed by atoms with Crippen molar-refractivity contribution < 1.29 is 18.6 Å². The maximum Gasteiger partial charge on any atom is 0.508 e. The lowest BCUT2D eigenvalue weighted by molar-refractivity contribution is -0.147. The summed E-state index contributed by atoms with van der Waals surface area (Å²) in [5, 5.41) is 0. The van der Waals surface area contributed by atoms with Crippen LogP contribution in [0.15, 0.2) is 0 Å². The van der Waals surface area contributed by atoms with Gasteiger partial charge >= 0.3 is 14.0 Å². The Labute approximate surface area is 92.2 Å². The lowest BCUT2D eigenvalue weighted by Gasteiger charge is -2.08. The van der Waals surface area contributed by atoms with Crippen molar-refractivity contribution in [1.29, 1.82) is 0 Å². The summed E-state index contributed by atoms with van der Waals surface area (Å²) in [7, 11) is -1.73. The van der Waals surface area contributed by atoms with Gasteiger partial charge in [0.15, 0.2) is 6.16 Å². The van der Waals surface area contributed by atoms with Crippen LogP contribution in [0.5, 0.6) is 0 Å². The van der Waals surface area contributed by atoms with Gasteiger partial charge in [-0.05, 0) is 24.8 Å². The van der Waals surface area contributed by atoms with Crippen molar-refractivity contribution in [3.05, 3.63) is 0 Å². The maximum absolute atomic E-state index is 11.5. The molecule has 0 heterocycles. The molecule has 2 atom stereocenters. The largest absolute Gasteiger partial charge is 0.508 e. The van der Waals surface area contributed by atoms with Gasteiger partial charge < -0.3 is 4.74 Å². The molecule has 0 amide bonds. The Balaban J connectivity index is 4.13. The van der Waals surface area contributed by atoms with Crippen LogP contribution in [0.2, 0.25) is 0 Å². The molecular weight excluding hydrogens is 215 g/mol. The third-order valence-corrected chi connectivity index (χ3v) is 3.18. The van der Waals surface area contributed by atoms with Crippen LogP contribution >= 0.6 is 8.03 Å². The summed E-state index contributed by atoms with van der Waals surface area (Å²) < 4.78 is 21.2. The van der Waals surface area contributed by atoms with Crippen LogP contribution in [-0.2, 0) is 18.6 Å². The highest BCUT2D eigenvalue weighted by atomic mass is 31.1. The van der Waals surface area contributed by atoms with E-state index in [9.17, 15) is 9.36 Å². The predicted octanol–water partition coefficient (Wildman–Crippen LogP) is 2.74. The van der Waals surface area contributed by atoms with Gasteiger partial charge in [-0.15, -0.1) is 4.52 Å². The van der Waals surface area contributed by atoms with Gasteiger partial charge in [0.25, 0.3) is 0 Å². The van der Waals surface area contributed by atoms with E-state index in [0.717, 1.165) is 6.42 Å². The second-order valence-electron chi connectivity index (χ2n) is 3.17. The van der Waals surface area contributed by atoms with E-state index in [2.05, 4.69) is 0 Å². The molecule has 0 saturated carbocycles. The van der Waals surface area contributed by atoms with Crippen LogP contribution in [0.3, 0.4) is 0 Å². The van der Waals surface area contributed by atoms with Crippen LogP contribution in [0, 0.1) is 5.92 Å². The Hall–Kier alpha value is -0.470. The molecule has 0 aromatic rings. The Morgan fingerprint density at radius 2 is 1.93 bits per heavy atom. The van der Waals surface area contributed by atoms with Crippen LogP contribution in [0.4, 0.5) is 0 Å². The smallest absolute Gasteiger partial charge is 0.466 e. The zero-order chi connectivity index (χ0) is 11.7. The first-order valence-corrected chi connectivity index (χ1v) is 6.76. The fraction of sp³-hybridized carbons (Fsp3) is 0.900. The highest BCUT2D eigenvalue weighted by molar-refractivity contribution is 7.39. The normalized spacial score (nSPS) is 13.4. The lowest BCUT2D eigenvalue weighted by Crippen LogP contribution is -2.20. The minimum atomic E-state index is -1.73. The van der Waals surface area contributed by atoms with Crippen molar-refractivity contribution >= 4 is 14.0 Å². The van der Waals surface area contributed by atoms with E-state index in [1.54, 1.807) is 13.8 Å². The monoisotopic (exact) mass is 235 g/mol. The highest BCUT2D eigenvalue weighted by Gasteiger charge is 2.30. The number of hydrogen-bond donors (Lipinski definition) is 0. The molecule has 0 aromatic heterocycles. The zero-order valence-corrected chi connectivity index (χ0v) is 10.6. The molecule has 4 nitrogen and oxygen atoms in total. The van der Waals surface area contributed by atoms with Crippen LogP contribution < -0.4 is 0 Å². The molecule has 2 unspecified atom stereocenters. The number of carbonyl (C=O) groups excluding carboxylic acids is 1. The molecular formula is C10H20O4P+. The molecule has 0 spiro atoms. The summed E-state index contributed by atoms with van der Waals surface area (Å²) in [5.41, 5.74) is 0. The van der Waals surface area contributed by atoms with Gasteiger partial charge in [0.1, 0.15) is 5.92 Å². The van der Waals surface area contributed by atoms with E-state index in [4.69, 9.17) is 9.26 Å². The summed E-state index contributed by atoms with van der Waals surface area (Å²) in [6.45, 7) is 6.32. The standard InChI is InChI=1S/C10H20O4P/c1-4-7-9(10(11)13-5-2)8-15(12)14-6-3/h9H,4-8H2,1-3H3/q+1. The molecule has 0 aliphatic carbocycles. The van der Waals surface area contributed by atoms with E-state index in [1.807, 2.05) is 6.92 Å². The van der Waals surface area contributed by atoms with Gasteiger partial charge in [0.05, 0.1) is 13.2 Å². The molecule has 88 valence electrons. The fourth-order valence-electron chi connectivity index (χ4n) is 1.27. The molecule has 0 fully saturated rings. The first kappa shape index (κ1) is 14.5. The van der Waals surface area contributed by atoms with Gasteiger partial charge in [-0.25, -0.2) is 0 Å². The zero-order valence-electron chi connectivity index (χ0n) is 9.69. The molecule has 0 saturated heterocycles. The first-order chi connectivity index (χ1) is 7.15. The molecule has 0 radical (unpaired) electrons. The molecule has 0 N–H and O–H groups in total. The summed E-state index contributed by atoms with van der Waals surface area (Å²) in [4.78, 5) is 11.5. The van der Waals surface area contributed by atoms with Crippen LogP contribution in [-0.4, -0.2) is 25.3 Å². The fourth-order valence-corrected chi connectivity index (χ4v) is 2.35. The van der Waals surface area contributed by atoms with E-state index in [-0.39, 0.29) is 18.0 Å². The number of esters is 1. The summed E-state index contributed by atoms with van der Waals surface area (Å²) >= 11 is 0. The van der Waals surface area contributed by atoms with Crippen molar-refractivity contribution in [2.75, 3.05) is 19.4 Å². The Morgan fingerprint density at radius 3 is 2.40 bits per heavy atom. The van der Waals surface area contributed by atoms with Gasteiger partial charge in [-0.3, -0.25) is 4.79 Å². The molecule has 0 aromatic carbocycles. The Bertz CT molecular complexity index is 206. The highest BCUT2D eigenvalue weighted by Crippen LogP contribution is 2.28. The Morgan fingerprint density at radius 1 is 1.27 bits per heavy atom. The molecule has 0 aliphatic rings. The van der Waals surface area contributed by atoms with E-state index < -0.39 is 8.03 Å². The summed E-state index contributed by atoms with van der Waals surface area (Å²) in [6, 6.07) is 0. The van der Waals surface area contributed by atoms with E-state index >= 15 is 0 Å². The van der Waals surface area contributed by atoms with Crippen molar-refractivity contribution in [3.8, 4) is 0 Å². The topological polar surface area (TPSA) is 52.6 Å². The second-order valence-corrected chi connectivity index (χ2v) is 4.46. The van der Waals surface area contributed by atoms with Gasteiger partial charge in [-0.1, -0.05) is 13.3 Å². The minimum Gasteiger partial charge on any atom is -0.466 e. The van der Waals surface area contributed by atoms with Crippen LogP contribution in [0.1, 0.15) is 33.6 Å². The Kier molecular flexibility index (Phi) is 8.53. The lowest BCUT2D eigenvalue weighted by atomic mass is 10.1. The molecule has 0 rings (SSSR count). The average molecular weight is 235 g/mol. The van der Waals surface area contributed by atoms with Crippen LogP contribution in [0.25, 0.3) is 0 Å². The predicted molar refractivity (Wildman–Crippen MR) is 59.1 cm³/mol. The van der Waals surface area contributed by atoms with Crippen molar-refractivity contribution in [1.82, 2.24) is 0 Å². The molecule has 0 aliphatic heterocycles. The van der Waals surface area contributed by atoms with Gasteiger partial charge in [-0.2, -0.15) is 0 Å². The van der Waals surface area contributed by atoms with Crippen molar-refractivity contribution in [2.24, 2.45) is 5.92 Å². The number of hydrogen-bond acceptors (Lipinski definition) is 4. The summed E-state index contributed by atoms with van der Waals surface area (Å²) in [5.74, 6) is -0.549. The third kappa shape index (κ3) is 6.58. The molecule has 0 bridgehead atoms. The van der Waals surface area contributed by atoms with Crippen molar-refractivity contribution in [3.63, 3.8) is 0 Å². The summed E-state index contributed by atoms with van der Waals surface area (Å²) in [6.07, 6.45) is 1.85. The third-order valence-electron chi connectivity index (χ3n) is 1.90. The minimum absolute atomic E-state index is 0.262. The van der Waals surface area contributed by atoms with Gasteiger partial charge in [0.2, 0.25) is 0 Å². The molecule has 15 heavy (non-hydrogen) atoms. The SMILES string of the molecule is CCCC(C[P+](=O)OCC)C(=O)OCC. The number of rotatable bonds is 8. The van der Waals surface area contributed by atoms with E-state index in [0.29, 0.717) is 19.6 Å².